The molecule has 0 N–H and O–H groups in total. The number of hydrogen-bond donors (Lipinski definition) is 0. The average Bonchev–Trinajstić information content (AvgIpc) is 2.82. The lowest BCUT2D eigenvalue weighted by Gasteiger charge is -2.31. The van der Waals surface area contributed by atoms with E-state index in [4.69, 9.17) is 9.47 Å². The van der Waals surface area contributed by atoms with Gasteiger partial charge in [-0.2, -0.15) is 0 Å². The fraction of sp³-hybridized carbons (Fsp3) is 0.474. The van der Waals surface area contributed by atoms with E-state index >= 15 is 0 Å². The molecule has 0 spiro atoms. The van der Waals surface area contributed by atoms with Crippen LogP contribution < -0.4 is 0 Å². The third-order valence-electron chi connectivity index (χ3n) is 4.13. The van der Waals surface area contributed by atoms with Gasteiger partial charge in [-0.1, -0.05) is 12.0 Å². The molecule has 0 atom stereocenters. The van der Waals surface area contributed by atoms with Crippen LogP contribution in [0.1, 0.15) is 31.7 Å². The fourth-order valence-corrected chi connectivity index (χ4v) is 2.66. The highest BCUT2D eigenvalue weighted by molar-refractivity contribution is 5.70. The van der Waals surface area contributed by atoms with Crippen LogP contribution in [-0.4, -0.2) is 48.4 Å². The van der Waals surface area contributed by atoms with E-state index in [1.807, 2.05) is 45.0 Å². The van der Waals surface area contributed by atoms with Crippen molar-refractivity contribution in [1.82, 2.24) is 9.88 Å². The van der Waals surface area contributed by atoms with Gasteiger partial charge in [0, 0.05) is 19.3 Å². The second kappa shape index (κ2) is 7.98. The highest BCUT2D eigenvalue weighted by Gasteiger charge is 2.40. The molecular weight excluding hydrogens is 304 g/mol. The lowest BCUT2D eigenvalue weighted by atomic mass is 9.95. The van der Waals surface area contributed by atoms with Crippen molar-refractivity contribution in [2.24, 2.45) is 0 Å². The molecule has 2 rings (SSSR count). The quantitative estimate of drug-likeness (QED) is 0.632. The number of carbonyl (C=O) groups is 1. The Bertz CT molecular complexity index is 683. The maximum atomic E-state index is 12.2. The molecule has 1 aromatic rings. The molecule has 0 saturated carbocycles. The monoisotopic (exact) mass is 328 g/mol. The fourth-order valence-electron chi connectivity index (χ4n) is 2.66. The average molecular weight is 328 g/mol. The second-order valence-electron chi connectivity index (χ2n) is 6.17. The molecule has 0 aliphatic carbocycles. The van der Waals surface area contributed by atoms with Crippen molar-refractivity contribution >= 4 is 6.09 Å². The summed E-state index contributed by atoms with van der Waals surface area (Å²) < 4.78 is 10.1. The Hall–Kier alpha value is -2.32. The maximum absolute atomic E-state index is 12.2. The smallest absolute Gasteiger partial charge is 0.410 e. The van der Waals surface area contributed by atoms with Crippen molar-refractivity contribution < 1.29 is 14.3 Å². The first kappa shape index (κ1) is 18.0. The summed E-state index contributed by atoms with van der Waals surface area (Å²) in [5.41, 5.74) is 2.41. The van der Waals surface area contributed by atoms with Crippen molar-refractivity contribution in [3.63, 3.8) is 0 Å². The predicted molar refractivity (Wildman–Crippen MR) is 92.6 cm³/mol. The van der Waals surface area contributed by atoms with Gasteiger partial charge in [0.1, 0.15) is 12.3 Å². The van der Waals surface area contributed by atoms with Gasteiger partial charge in [-0.05, 0) is 56.9 Å². The van der Waals surface area contributed by atoms with Crippen molar-refractivity contribution in [1.29, 1.82) is 0 Å². The van der Waals surface area contributed by atoms with Crippen molar-refractivity contribution in [2.75, 3.05) is 26.9 Å². The summed E-state index contributed by atoms with van der Waals surface area (Å²) in [6.07, 6.45) is 2.38. The van der Waals surface area contributed by atoms with Crippen molar-refractivity contribution in [3.8, 4) is 11.8 Å². The van der Waals surface area contributed by atoms with E-state index in [-0.39, 0.29) is 12.7 Å². The van der Waals surface area contributed by atoms with Crippen molar-refractivity contribution in [2.45, 2.75) is 32.7 Å². The number of carbonyl (C=O) groups excluding carboxylic acids is 1. The van der Waals surface area contributed by atoms with Crippen LogP contribution in [0, 0.1) is 18.8 Å². The first-order valence-corrected chi connectivity index (χ1v) is 8.03. The standard InChI is InChI=1S/C19H24N2O3/c1-15-7-5-9-17(20-15)10-6-8-16-11-12-21(19(16,2)3)18(22)24-14-13-23-4/h5,7-9H,11-14H2,1-4H3/b16-8+. The van der Waals surface area contributed by atoms with Gasteiger partial charge in [-0.15, -0.1) is 0 Å². The van der Waals surface area contributed by atoms with Crippen LogP contribution in [0.4, 0.5) is 4.79 Å². The third-order valence-corrected chi connectivity index (χ3v) is 4.13. The lowest BCUT2D eigenvalue weighted by Crippen LogP contribution is -2.44. The minimum Gasteiger partial charge on any atom is -0.447 e. The molecule has 2 heterocycles. The van der Waals surface area contributed by atoms with Gasteiger partial charge in [0.25, 0.3) is 0 Å². The molecule has 1 amide bonds. The molecule has 24 heavy (non-hydrogen) atoms. The minimum absolute atomic E-state index is 0.264. The van der Waals surface area contributed by atoms with Crippen LogP contribution >= 0.6 is 0 Å². The molecule has 5 nitrogen and oxygen atoms in total. The Morgan fingerprint density at radius 3 is 2.92 bits per heavy atom. The van der Waals surface area contributed by atoms with Crippen LogP contribution in [-0.2, 0) is 9.47 Å². The Morgan fingerprint density at radius 1 is 1.42 bits per heavy atom. The minimum atomic E-state index is -0.404. The Kier molecular flexibility index (Phi) is 5.99. The molecular formula is C19H24N2O3. The summed E-state index contributed by atoms with van der Waals surface area (Å²) in [6.45, 7) is 7.26. The molecule has 1 aliphatic heterocycles. The summed E-state index contributed by atoms with van der Waals surface area (Å²) >= 11 is 0. The van der Waals surface area contributed by atoms with E-state index in [0.717, 1.165) is 23.4 Å². The number of pyridine rings is 1. The summed E-state index contributed by atoms with van der Waals surface area (Å²) in [7, 11) is 1.58. The number of likely N-dealkylation sites (tertiary alicyclic amines) is 1. The molecule has 1 fully saturated rings. The van der Waals surface area contributed by atoms with E-state index in [1.54, 1.807) is 12.0 Å². The topological polar surface area (TPSA) is 51.7 Å². The number of allylic oxidation sites excluding steroid dienone is 1. The van der Waals surface area contributed by atoms with Crippen LogP contribution in [0.2, 0.25) is 0 Å². The van der Waals surface area contributed by atoms with E-state index in [9.17, 15) is 4.79 Å². The van der Waals surface area contributed by atoms with E-state index in [2.05, 4.69) is 16.8 Å². The number of hydrogen-bond acceptors (Lipinski definition) is 4. The molecule has 0 aromatic carbocycles. The molecule has 128 valence electrons. The summed E-state index contributed by atoms with van der Waals surface area (Å²) in [6, 6.07) is 5.77. The van der Waals surface area contributed by atoms with Gasteiger partial charge < -0.3 is 9.47 Å². The van der Waals surface area contributed by atoms with Gasteiger partial charge in [-0.25, -0.2) is 9.78 Å². The highest BCUT2D eigenvalue weighted by Crippen LogP contribution is 2.34. The summed E-state index contributed by atoms with van der Waals surface area (Å²) in [5.74, 6) is 6.11. The molecule has 0 bridgehead atoms. The van der Waals surface area contributed by atoms with Crippen LogP contribution in [0.15, 0.2) is 29.8 Å². The van der Waals surface area contributed by atoms with Crippen molar-refractivity contribution in [3.05, 3.63) is 41.2 Å². The zero-order chi connectivity index (χ0) is 17.6. The third kappa shape index (κ3) is 4.36. The van der Waals surface area contributed by atoms with Gasteiger partial charge in [-0.3, -0.25) is 4.90 Å². The summed E-state index contributed by atoms with van der Waals surface area (Å²) in [4.78, 5) is 18.3. The molecule has 1 aliphatic rings. The van der Waals surface area contributed by atoms with Gasteiger partial charge in [0.15, 0.2) is 0 Å². The van der Waals surface area contributed by atoms with Crippen LogP contribution in [0.3, 0.4) is 0 Å². The van der Waals surface area contributed by atoms with Crippen LogP contribution in [0.25, 0.3) is 0 Å². The normalized spacial score (nSPS) is 17.5. The SMILES string of the molecule is COCCOC(=O)N1CC/C(=C\C#Cc2cccc(C)n2)C1(C)C. The number of methoxy groups -OCH3 is 1. The Morgan fingerprint density at radius 2 is 2.21 bits per heavy atom. The Labute approximate surface area is 143 Å². The number of aryl methyl sites for hydroxylation is 1. The molecule has 1 aromatic heterocycles. The van der Waals surface area contributed by atoms with Gasteiger partial charge in [0.05, 0.1) is 12.1 Å². The van der Waals surface area contributed by atoms with Gasteiger partial charge in [0.2, 0.25) is 0 Å². The second-order valence-corrected chi connectivity index (χ2v) is 6.17. The lowest BCUT2D eigenvalue weighted by molar-refractivity contribution is 0.0610. The zero-order valence-electron chi connectivity index (χ0n) is 14.8. The Balaban J connectivity index is 2.06. The van der Waals surface area contributed by atoms with E-state index in [0.29, 0.717) is 13.2 Å². The first-order valence-electron chi connectivity index (χ1n) is 8.03. The molecule has 1 saturated heterocycles. The largest absolute Gasteiger partial charge is 0.447 e. The molecule has 0 radical (unpaired) electrons. The summed E-state index contributed by atoms with van der Waals surface area (Å²) in [5, 5.41) is 0. The number of aromatic nitrogens is 1. The van der Waals surface area contributed by atoms with E-state index < -0.39 is 5.54 Å². The van der Waals surface area contributed by atoms with Crippen LogP contribution in [0.5, 0.6) is 0 Å². The first-order chi connectivity index (χ1) is 11.4. The zero-order valence-corrected chi connectivity index (χ0v) is 14.8. The van der Waals surface area contributed by atoms with E-state index in [1.165, 1.54) is 0 Å². The number of rotatable bonds is 3. The van der Waals surface area contributed by atoms with Gasteiger partial charge >= 0.3 is 6.09 Å². The number of amides is 1. The maximum Gasteiger partial charge on any atom is 0.410 e. The number of nitrogens with zero attached hydrogens (tertiary/aromatic N) is 2. The molecule has 5 heteroatoms. The molecule has 0 unspecified atom stereocenters. The highest BCUT2D eigenvalue weighted by atomic mass is 16.6. The predicted octanol–water partition coefficient (Wildman–Crippen LogP) is 2.94. The number of ether oxygens (including phenoxy) is 2.